The monoisotopic (exact) mass is 489 g/mol. The molecule has 1 N–H and O–H groups in total. The van der Waals surface area contributed by atoms with Crippen molar-refractivity contribution in [1.82, 2.24) is 9.29 Å². The first-order chi connectivity index (χ1) is 15.1. The summed E-state index contributed by atoms with van der Waals surface area (Å²) in [6.07, 6.45) is 1.32. The van der Waals surface area contributed by atoms with Crippen LogP contribution < -0.4 is 10.1 Å². The summed E-state index contributed by atoms with van der Waals surface area (Å²) in [5, 5.41) is 4.12. The molecule has 0 saturated carbocycles. The molecule has 3 rings (SSSR count). The number of thiazole rings is 1. The number of halogens is 3. The van der Waals surface area contributed by atoms with Crippen LogP contribution in [-0.4, -0.2) is 49.5 Å². The first-order valence-electron chi connectivity index (χ1n) is 9.86. The molecule has 1 aliphatic rings. The number of amides is 1. The smallest absolute Gasteiger partial charge is 0.422 e. The summed E-state index contributed by atoms with van der Waals surface area (Å²) in [5.74, 6) is -0.952. The van der Waals surface area contributed by atoms with E-state index in [-0.39, 0.29) is 16.3 Å². The lowest BCUT2D eigenvalue weighted by molar-refractivity contribution is -0.153. The molecule has 0 unspecified atom stereocenters. The molecule has 0 bridgehead atoms. The van der Waals surface area contributed by atoms with Crippen LogP contribution in [0.3, 0.4) is 0 Å². The number of aromatic nitrogens is 1. The fourth-order valence-corrected chi connectivity index (χ4v) is 5.19. The highest BCUT2D eigenvalue weighted by Crippen LogP contribution is 2.31. The Morgan fingerprint density at radius 3 is 2.56 bits per heavy atom. The Kier molecular flexibility index (Phi) is 7.91. The molecule has 1 amide bonds. The SMILES string of the molecule is O=C(/C=C/c1cscn1)Nc1cc(S(=O)(=O)N2CCCCCC2)ccc1OCC(F)(F)F. The second-order valence-corrected chi connectivity index (χ2v) is 9.77. The van der Waals surface area contributed by atoms with E-state index < -0.39 is 28.7 Å². The number of anilines is 1. The number of benzene rings is 1. The molecule has 0 aliphatic carbocycles. The predicted molar refractivity (Wildman–Crippen MR) is 115 cm³/mol. The molecule has 174 valence electrons. The molecule has 0 atom stereocenters. The largest absolute Gasteiger partial charge is 0.482 e. The molecule has 1 aromatic carbocycles. The summed E-state index contributed by atoms with van der Waals surface area (Å²) < 4.78 is 70.2. The first-order valence-corrected chi connectivity index (χ1v) is 12.2. The lowest BCUT2D eigenvalue weighted by Gasteiger charge is -2.21. The molecule has 2 heterocycles. The molecule has 0 radical (unpaired) electrons. The van der Waals surface area contributed by atoms with E-state index in [9.17, 15) is 26.4 Å². The second-order valence-electron chi connectivity index (χ2n) is 7.12. The third kappa shape index (κ3) is 6.78. The Morgan fingerprint density at radius 2 is 1.94 bits per heavy atom. The molecule has 12 heteroatoms. The molecule has 2 aromatic rings. The number of carbonyl (C=O) groups excluding carboxylic acids is 1. The van der Waals surface area contributed by atoms with Gasteiger partial charge in [-0.15, -0.1) is 11.3 Å². The van der Waals surface area contributed by atoms with Gasteiger partial charge in [-0.25, -0.2) is 13.4 Å². The average molecular weight is 490 g/mol. The number of nitrogens with one attached hydrogen (secondary N) is 1. The van der Waals surface area contributed by atoms with Crippen LogP contribution in [0, 0.1) is 0 Å². The van der Waals surface area contributed by atoms with Crippen LogP contribution in [0.4, 0.5) is 18.9 Å². The first kappa shape index (κ1) is 24.2. The van der Waals surface area contributed by atoms with Gasteiger partial charge >= 0.3 is 6.18 Å². The molecule has 1 fully saturated rings. The van der Waals surface area contributed by atoms with E-state index in [0.29, 0.717) is 18.8 Å². The van der Waals surface area contributed by atoms with E-state index in [1.807, 2.05) is 0 Å². The van der Waals surface area contributed by atoms with Gasteiger partial charge in [-0.3, -0.25) is 4.79 Å². The Bertz CT molecular complexity index is 1050. The van der Waals surface area contributed by atoms with Gasteiger partial charge in [0.05, 0.1) is 21.8 Å². The third-order valence-corrected chi connectivity index (χ3v) is 7.16. The fourth-order valence-electron chi connectivity index (χ4n) is 3.12. The predicted octanol–water partition coefficient (Wildman–Crippen LogP) is 4.30. The van der Waals surface area contributed by atoms with E-state index in [2.05, 4.69) is 10.3 Å². The summed E-state index contributed by atoms with van der Waals surface area (Å²) in [5.41, 5.74) is 1.95. The van der Waals surface area contributed by atoms with Crippen LogP contribution in [0.2, 0.25) is 0 Å². The van der Waals surface area contributed by atoms with Crippen molar-refractivity contribution >= 4 is 39.0 Å². The van der Waals surface area contributed by atoms with Crippen molar-refractivity contribution < 1.29 is 31.1 Å². The van der Waals surface area contributed by atoms with E-state index in [0.717, 1.165) is 43.9 Å². The standard InChI is InChI=1S/C20H22F3N3O4S2/c21-20(22,23)13-30-18-7-6-16(32(28,29)26-9-3-1-2-4-10-26)11-17(18)25-19(27)8-5-15-12-31-14-24-15/h5-8,11-12,14H,1-4,9-10,13H2,(H,25,27)/b8-5+. The van der Waals surface area contributed by atoms with Crippen molar-refractivity contribution in [3.8, 4) is 5.75 Å². The van der Waals surface area contributed by atoms with Gasteiger partial charge in [0.2, 0.25) is 15.9 Å². The molecule has 32 heavy (non-hydrogen) atoms. The quantitative estimate of drug-likeness (QED) is 0.586. The van der Waals surface area contributed by atoms with E-state index in [4.69, 9.17) is 4.74 Å². The van der Waals surface area contributed by atoms with Gasteiger partial charge in [-0.2, -0.15) is 17.5 Å². The Hall–Kier alpha value is -2.44. The van der Waals surface area contributed by atoms with Crippen molar-refractivity contribution in [1.29, 1.82) is 0 Å². The van der Waals surface area contributed by atoms with E-state index in [1.54, 1.807) is 10.9 Å². The van der Waals surface area contributed by atoms with Gasteiger partial charge in [0.1, 0.15) is 5.75 Å². The summed E-state index contributed by atoms with van der Waals surface area (Å²) in [4.78, 5) is 16.2. The van der Waals surface area contributed by atoms with Gasteiger partial charge < -0.3 is 10.1 Å². The van der Waals surface area contributed by atoms with Crippen LogP contribution in [0.25, 0.3) is 6.08 Å². The molecule has 7 nitrogen and oxygen atoms in total. The van der Waals surface area contributed by atoms with Crippen molar-refractivity contribution in [2.24, 2.45) is 0 Å². The normalized spacial score (nSPS) is 16.1. The lowest BCUT2D eigenvalue weighted by atomic mass is 10.2. The highest BCUT2D eigenvalue weighted by Gasteiger charge is 2.30. The highest BCUT2D eigenvalue weighted by molar-refractivity contribution is 7.89. The van der Waals surface area contributed by atoms with Gasteiger partial charge in [-0.05, 0) is 37.1 Å². The number of sulfonamides is 1. The molecule has 1 saturated heterocycles. The lowest BCUT2D eigenvalue weighted by Crippen LogP contribution is -2.32. The number of rotatable bonds is 7. The number of nitrogens with zero attached hydrogens (tertiary/aromatic N) is 2. The van der Waals surface area contributed by atoms with Crippen LogP contribution in [0.5, 0.6) is 5.75 Å². The minimum absolute atomic E-state index is 0.127. The Balaban J connectivity index is 1.87. The van der Waals surface area contributed by atoms with Gasteiger partial charge in [-0.1, -0.05) is 12.8 Å². The zero-order valence-electron chi connectivity index (χ0n) is 17.0. The van der Waals surface area contributed by atoms with Crippen molar-refractivity contribution in [2.75, 3.05) is 25.0 Å². The molecular formula is C20H22F3N3O4S2. The third-order valence-electron chi connectivity index (χ3n) is 4.66. The van der Waals surface area contributed by atoms with Crippen molar-refractivity contribution in [3.05, 3.63) is 40.9 Å². The summed E-state index contributed by atoms with van der Waals surface area (Å²) >= 11 is 1.33. The Labute approximate surface area is 188 Å². The van der Waals surface area contributed by atoms with Crippen LogP contribution in [0.15, 0.2) is 40.1 Å². The van der Waals surface area contributed by atoms with Gasteiger partial charge in [0, 0.05) is 24.5 Å². The maximum Gasteiger partial charge on any atom is 0.422 e. The van der Waals surface area contributed by atoms with Crippen molar-refractivity contribution in [3.63, 3.8) is 0 Å². The summed E-state index contributed by atoms with van der Waals surface area (Å²) in [7, 11) is -3.87. The van der Waals surface area contributed by atoms with Gasteiger partial charge in [0.25, 0.3) is 0 Å². The molecular weight excluding hydrogens is 467 g/mol. The second kappa shape index (κ2) is 10.5. The van der Waals surface area contributed by atoms with Crippen LogP contribution >= 0.6 is 11.3 Å². The molecule has 1 aromatic heterocycles. The van der Waals surface area contributed by atoms with Crippen LogP contribution in [0.1, 0.15) is 31.4 Å². The fraction of sp³-hybridized carbons (Fsp3) is 0.400. The number of carbonyl (C=O) groups is 1. The summed E-state index contributed by atoms with van der Waals surface area (Å²) in [6, 6.07) is 3.43. The number of ether oxygens (including phenoxy) is 1. The minimum atomic E-state index is -4.59. The number of alkyl halides is 3. The highest BCUT2D eigenvalue weighted by atomic mass is 32.2. The summed E-state index contributed by atoms with van der Waals surface area (Å²) in [6.45, 7) is -0.845. The maximum absolute atomic E-state index is 13.1. The topological polar surface area (TPSA) is 88.6 Å². The van der Waals surface area contributed by atoms with Gasteiger partial charge in [0.15, 0.2) is 6.61 Å². The van der Waals surface area contributed by atoms with E-state index in [1.165, 1.54) is 27.8 Å². The zero-order valence-corrected chi connectivity index (χ0v) is 18.6. The zero-order chi connectivity index (χ0) is 23.2. The number of hydrogen-bond acceptors (Lipinski definition) is 6. The number of hydrogen-bond donors (Lipinski definition) is 1. The maximum atomic E-state index is 13.1. The van der Waals surface area contributed by atoms with Crippen molar-refractivity contribution in [2.45, 2.75) is 36.8 Å². The molecule has 1 aliphatic heterocycles. The van der Waals surface area contributed by atoms with Crippen LogP contribution in [-0.2, 0) is 14.8 Å². The van der Waals surface area contributed by atoms with E-state index >= 15 is 0 Å². The molecule has 0 spiro atoms. The Morgan fingerprint density at radius 1 is 1.22 bits per heavy atom. The minimum Gasteiger partial charge on any atom is -0.482 e. The average Bonchev–Trinajstić information content (AvgIpc) is 3.10.